The van der Waals surface area contributed by atoms with E-state index in [1.807, 2.05) is 0 Å². The minimum absolute atomic E-state index is 0.0276. The van der Waals surface area contributed by atoms with E-state index in [1.54, 1.807) is 24.3 Å². The van der Waals surface area contributed by atoms with Crippen LogP contribution in [0.4, 0.5) is 4.79 Å². The second kappa shape index (κ2) is 9.22. The zero-order chi connectivity index (χ0) is 21.8. The van der Waals surface area contributed by atoms with E-state index in [1.165, 1.54) is 40.3 Å². The maximum absolute atomic E-state index is 12.4. The van der Waals surface area contributed by atoms with Gasteiger partial charge in [0.2, 0.25) is 10.0 Å². The smallest absolute Gasteiger partial charge is 0.315 e. The fourth-order valence-electron chi connectivity index (χ4n) is 2.28. The third kappa shape index (κ3) is 5.54. The molecule has 9 nitrogen and oxygen atoms in total. The van der Waals surface area contributed by atoms with Gasteiger partial charge in [0.05, 0.1) is 11.4 Å². The highest BCUT2D eigenvalue weighted by atomic mass is 32.2. The summed E-state index contributed by atoms with van der Waals surface area (Å²) in [5.41, 5.74) is 0.465. The highest BCUT2D eigenvalue weighted by molar-refractivity contribution is 7.91. The molecule has 1 aromatic carbocycles. The number of urea groups is 1. The molecular formula is C17H24N4O5S3. The number of carbonyl (C=O) groups is 1. The Morgan fingerprint density at radius 3 is 2.07 bits per heavy atom. The molecule has 0 fully saturated rings. The summed E-state index contributed by atoms with van der Waals surface area (Å²) in [7, 11) is -1.34. The predicted molar refractivity (Wildman–Crippen MR) is 112 cm³/mol. The monoisotopic (exact) mass is 460 g/mol. The molecule has 29 heavy (non-hydrogen) atoms. The van der Waals surface area contributed by atoms with Crippen molar-refractivity contribution in [2.24, 2.45) is 0 Å². The fourth-order valence-corrected chi connectivity index (χ4v) is 5.86. The first-order chi connectivity index (χ1) is 13.5. The number of sulfonamides is 2. The van der Waals surface area contributed by atoms with Gasteiger partial charge in [-0.25, -0.2) is 30.2 Å². The van der Waals surface area contributed by atoms with Gasteiger partial charge >= 0.3 is 6.03 Å². The van der Waals surface area contributed by atoms with E-state index in [0.29, 0.717) is 10.4 Å². The summed E-state index contributed by atoms with van der Waals surface area (Å²) in [6, 6.07) is 9.08. The molecule has 160 valence electrons. The summed E-state index contributed by atoms with van der Waals surface area (Å²) in [6.07, 6.45) is 0. The van der Waals surface area contributed by atoms with Crippen LogP contribution in [0.15, 0.2) is 45.5 Å². The lowest BCUT2D eigenvalue weighted by Gasteiger charge is -2.15. The number of hydrogen-bond acceptors (Lipinski definition) is 6. The molecule has 0 aliphatic rings. The fraction of sp³-hybridized carbons (Fsp3) is 0.353. The van der Waals surface area contributed by atoms with Gasteiger partial charge in [0.15, 0.2) is 0 Å². The van der Waals surface area contributed by atoms with Crippen molar-refractivity contribution < 1.29 is 21.6 Å². The summed E-state index contributed by atoms with van der Waals surface area (Å²) in [5, 5.41) is 5.26. The molecule has 0 saturated carbocycles. The first-order valence-corrected chi connectivity index (χ1v) is 12.2. The van der Waals surface area contributed by atoms with Gasteiger partial charge in [-0.05, 0) is 23.8 Å². The molecule has 0 spiro atoms. The Morgan fingerprint density at radius 2 is 1.45 bits per heavy atom. The average molecular weight is 461 g/mol. The molecule has 1 heterocycles. The molecule has 2 amide bonds. The minimum Gasteiger partial charge on any atom is -0.334 e. The first-order valence-electron chi connectivity index (χ1n) is 8.49. The van der Waals surface area contributed by atoms with Crippen LogP contribution in [0.25, 0.3) is 0 Å². The molecule has 2 N–H and O–H groups in total. The second-order valence-corrected chi connectivity index (χ2v) is 12.1. The second-order valence-electron chi connectivity index (χ2n) is 6.44. The van der Waals surface area contributed by atoms with Crippen molar-refractivity contribution in [2.75, 3.05) is 28.2 Å². The van der Waals surface area contributed by atoms with Gasteiger partial charge in [0.1, 0.15) is 4.21 Å². The molecule has 0 saturated heterocycles. The van der Waals surface area contributed by atoms with Gasteiger partial charge in [-0.1, -0.05) is 18.2 Å². The number of carbonyl (C=O) groups excluding carboxylic acids is 1. The zero-order valence-corrected chi connectivity index (χ0v) is 19.0. The summed E-state index contributed by atoms with van der Waals surface area (Å²) < 4.78 is 51.4. The number of nitrogens with zero attached hydrogens (tertiary/aromatic N) is 2. The minimum atomic E-state index is -3.63. The maximum atomic E-state index is 12.4. The Bertz CT molecular complexity index is 1080. The van der Waals surface area contributed by atoms with Crippen LogP contribution in [0.3, 0.4) is 0 Å². The standard InChI is InChI=1S/C17H24N4O5S3/c1-20(2)28(23,24)15-8-6-5-7-13(15)11-18-17(22)19-12-14-9-10-16(27-14)29(25,26)21(3)4/h5-10H,11-12H2,1-4H3,(H2,18,19,22). The van der Waals surface area contributed by atoms with Gasteiger partial charge in [-0.2, -0.15) is 0 Å². The third-order valence-electron chi connectivity index (χ3n) is 3.97. The van der Waals surface area contributed by atoms with Crippen molar-refractivity contribution in [3.05, 3.63) is 46.8 Å². The number of amides is 2. The zero-order valence-electron chi connectivity index (χ0n) is 16.5. The lowest BCUT2D eigenvalue weighted by molar-refractivity contribution is 0.240. The molecule has 0 bridgehead atoms. The lowest BCUT2D eigenvalue weighted by Crippen LogP contribution is -2.35. The Morgan fingerprint density at radius 1 is 0.862 bits per heavy atom. The van der Waals surface area contributed by atoms with E-state index < -0.39 is 26.1 Å². The number of nitrogens with one attached hydrogen (secondary N) is 2. The van der Waals surface area contributed by atoms with Crippen LogP contribution in [-0.2, 0) is 33.1 Å². The predicted octanol–water partition coefficient (Wildman–Crippen LogP) is 1.25. The molecular weight excluding hydrogens is 436 g/mol. The van der Waals surface area contributed by atoms with E-state index in [0.717, 1.165) is 19.9 Å². The van der Waals surface area contributed by atoms with Crippen LogP contribution in [-0.4, -0.2) is 59.7 Å². The number of rotatable bonds is 8. The van der Waals surface area contributed by atoms with Crippen molar-refractivity contribution in [2.45, 2.75) is 22.2 Å². The molecule has 2 aromatic rings. The van der Waals surface area contributed by atoms with Crippen LogP contribution >= 0.6 is 11.3 Å². The van der Waals surface area contributed by atoms with E-state index in [4.69, 9.17) is 0 Å². The lowest BCUT2D eigenvalue weighted by atomic mass is 10.2. The average Bonchev–Trinajstić information content (AvgIpc) is 3.14. The summed E-state index contributed by atoms with van der Waals surface area (Å²) >= 11 is 1.08. The molecule has 2 rings (SSSR count). The molecule has 0 radical (unpaired) electrons. The van der Waals surface area contributed by atoms with E-state index in [-0.39, 0.29) is 22.2 Å². The van der Waals surface area contributed by atoms with Gasteiger partial charge in [0.25, 0.3) is 10.0 Å². The highest BCUT2D eigenvalue weighted by Crippen LogP contribution is 2.23. The summed E-state index contributed by atoms with van der Waals surface area (Å²) in [4.78, 5) is 12.9. The van der Waals surface area contributed by atoms with Crippen LogP contribution in [0.2, 0.25) is 0 Å². The molecule has 0 atom stereocenters. The van der Waals surface area contributed by atoms with Gasteiger partial charge in [0, 0.05) is 39.6 Å². The van der Waals surface area contributed by atoms with E-state index in [2.05, 4.69) is 10.6 Å². The SMILES string of the molecule is CN(C)S(=O)(=O)c1ccc(CNC(=O)NCc2ccccc2S(=O)(=O)N(C)C)s1. The van der Waals surface area contributed by atoms with Crippen molar-refractivity contribution in [3.8, 4) is 0 Å². The normalized spacial score (nSPS) is 12.3. The molecule has 0 aliphatic heterocycles. The Labute approximate surface area is 175 Å². The summed E-state index contributed by atoms with van der Waals surface area (Å²) in [6.45, 7) is 0.177. The molecule has 1 aromatic heterocycles. The number of hydrogen-bond donors (Lipinski definition) is 2. The number of benzene rings is 1. The Hall–Kier alpha value is -1.99. The van der Waals surface area contributed by atoms with Crippen molar-refractivity contribution >= 4 is 37.4 Å². The molecule has 12 heteroatoms. The maximum Gasteiger partial charge on any atom is 0.315 e. The van der Waals surface area contributed by atoms with E-state index >= 15 is 0 Å². The third-order valence-corrected chi connectivity index (χ3v) is 9.25. The topological polar surface area (TPSA) is 116 Å². The van der Waals surface area contributed by atoms with E-state index in [9.17, 15) is 21.6 Å². The van der Waals surface area contributed by atoms with Gasteiger partial charge in [-0.15, -0.1) is 11.3 Å². The highest BCUT2D eigenvalue weighted by Gasteiger charge is 2.21. The van der Waals surface area contributed by atoms with Crippen molar-refractivity contribution in [1.82, 2.24) is 19.2 Å². The molecule has 0 aliphatic carbocycles. The van der Waals surface area contributed by atoms with Gasteiger partial charge in [-0.3, -0.25) is 0 Å². The summed E-state index contributed by atoms with van der Waals surface area (Å²) in [5.74, 6) is 0. The van der Waals surface area contributed by atoms with Crippen molar-refractivity contribution in [3.63, 3.8) is 0 Å². The quantitative estimate of drug-likeness (QED) is 0.615. The van der Waals surface area contributed by atoms with Crippen LogP contribution in [0.1, 0.15) is 10.4 Å². The Kier molecular flexibility index (Phi) is 7.40. The first kappa shape index (κ1) is 23.3. The van der Waals surface area contributed by atoms with Crippen LogP contribution < -0.4 is 10.6 Å². The van der Waals surface area contributed by atoms with Crippen molar-refractivity contribution in [1.29, 1.82) is 0 Å². The number of thiophene rings is 1. The molecule has 0 unspecified atom stereocenters. The largest absolute Gasteiger partial charge is 0.334 e. The Balaban J connectivity index is 1.98. The van der Waals surface area contributed by atoms with Crippen LogP contribution in [0.5, 0.6) is 0 Å². The van der Waals surface area contributed by atoms with Gasteiger partial charge < -0.3 is 10.6 Å². The van der Waals surface area contributed by atoms with Crippen LogP contribution in [0, 0.1) is 0 Å².